The summed E-state index contributed by atoms with van der Waals surface area (Å²) < 4.78 is 1.71. The van der Waals surface area contributed by atoms with E-state index in [2.05, 4.69) is 50.5 Å². The minimum Gasteiger partial charge on any atom is -0.374 e. The van der Waals surface area contributed by atoms with Crippen molar-refractivity contribution >= 4 is 23.0 Å². The molecule has 106 valence electrons. The zero-order valence-corrected chi connectivity index (χ0v) is 12.0. The fraction of sp³-hybridized carbons (Fsp3) is 0.267. The first kappa shape index (κ1) is 12.1. The Bertz CT molecular complexity index is 822. The third-order valence-electron chi connectivity index (χ3n) is 3.87. The Kier molecular flexibility index (Phi) is 2.57. The molecule has 1 aromatic carbocycles. The minimum atomic E-state index is 0.607. The Labute approximate surface area is 122 Å². The van der Waals surface area contributed by atoms with Crippen molar-refractivity contribution in [2.24, 2.45) is 0 Å². The molecule has 0 saturated carbocycles. The molecular weight excluding hydrogens is 264 g/mol. The molecule has 0 amide bonds. The van der Waals surface area contributed by atoms with Crippen LogP contribution in [0.5, 0.6) is 0 Å². The maximum atomic E-state index is 4.35. The summed E-state index contributed by atoms with van der Waals surface area (Å²) in [7, 11) is 2.13. The summed E-state index contributed by atoms with van der Waals surface area (Å²) in [6, 6.07) is 8.45. The van der Waals surface area contributed by atoms with E-state index in [1.54, 1.807) is 4.52 Å². The van der Waals surface area contributed by atoms with Crippen LogP contribution in [0.1, 0.15) is 11.3 Å². The van der Waals surface area contributed by atoms with E-state index in [0.717, 1.165) is 30.2 Å². The lowest BCUT2D eigenvalue weighted by molar-refractivity contribution is 0.937. The molecule has 4 rings (SSSR count). The summed E-state index contributed by atoms with van der Waals surface area (Å²) in [4.78, 5) is 10.8. The summed E-state index contributed by atoms with van der Waals surface area (Å²) in [5.41, 5.74) is 4.65. The quantitative estimate of drug-likeness (QED) is 0.779. The van der Waals surface area contributed by atoms with Gasteiger partial charge in [-0.1, -0.05) is 6.07 Å². The van der Waals surface area contributed by atoms with Gasteiger partial charge >= 0.3 is 0 Å². The van der Waals surface area contributed by atoms with Gasteiger partial charge in [0.15, 0.2) is 0 Å². The predicted molar refractivity (Wildman–Crippen MR) is 82.2 cm³/mol. The van der Waals surface area contributed by atoms with Gasteiger partial charge in [-0.2, -0.15) is 14.6 Å². The van der Waals surface area contributed by atoms with Crippen LogP contribution in [0.2, 0.25) is 0 Å². The lowest BCUT2D eigenvalue weighted by Gasteiger charge is -2.14. The van der Waals surface area contributed by atoms with Gasteiger partial charge in [0.1, 0.15) is 12.1 Å². The number of hydrogen-bond acceptors (Lipinski definition) is 5. The standard InChI is InChI=1S/C15H16N6/c1-10-7-14(21-15(18-10)16-9-17-21)19-12-4-3-11-5-6-20(2)13(11)8-12/h3-4,7-9,19H,5-6H2,1-2H3. The number of fused-ring (bicyclic) bond motifs is 2. The van der Waals surface area contributed by atoms with E-state index in [4.69, 9.17) is 0 Å². The van der Waals surface area contributed by atoms with Gasteiger partial charge in [-0.3, -0.25) is 0 Å². The van der Waals surface area contributed by atoms with Crippen molar-refractivity contribution in [3.05, 3.63) is 41.9 Å². The molecule has 0 fully saturated rings. The SMILES string of the molecule is Cc1cc(Nc2ccc3c(c2)N(C)CC3)n2ncnc2n1. The van der Waals surface area contributed by atoms with Gasteiger partial charge in [-0.15, -0.1) is 0 Å². The zero-order chi connectivity index (χ0) is 14.4. The van der Waals surface area contributed by atoms with E-state index >= 15 is 0 Å². The highest BCUT2D eigenvalue weighted by molar-refractivity contribution is 5.68. The van der Waals surface area contributed by atoms with Gasteiger partial charge < -0.3 is 10.2 Å². The summed E-state index contributed by atoms with van der Waals surface area (Å²) in [5, 5.41) is 7.63. The first-order chi connectivity index (χ1) is 10.2. The maximum Gasteiger partial charge on any atom is 0.254 e. The van der Waals surface area contributed by atoms with E-state index in [0.29, 0.717) is 5.78 Å². The van der Waals surface area contributed by atoms with Crippen molar-refractivity contribution in [2.75, 3.05) is 23.8 Å². The Balaban J connectivity index is 1.75. The van der Waals surface area contributed by atoms with Gasteiger partial charge in [0.2, 0.25) is 0 Å². The highest BCUT2D eigenvalue weighted by Crippen LogP contribution is 2.30. The number of nitrogens with zero attached hydrogens (tertiary/aromatic N) is 5. The van der Waals surface area contributed by atoms with Crippen LogP contribution in [0, 0.1) is 6.92 Å². The minimum absolute atomic E-state index is 0.607. The third-order valence-corrected chi connectivity index (χ3v) is 3.87. The van der Waals surface area contributed by atoms with E-state index in [1.807, 2.05) is 13.0 Å². The molecule has 0 spiro atoms. The second kappa shape index (κ2) is 4.44. The lowest BCUT2D eigenvalue weighted by Crippen LogP contribution is -2.12. The van der Waals surface area contributed by atoms with E-state index in [1.165, 1.54) is 17.6 Å². The molecule has 1 N–H and O–H groups in total. The highest BCUT2D eigenvalue weighted by atomic mass is 15.3. The Morgan fingerprint density at radius 3 is 3.05 bits per heavy atom. The van der Waals surface area contributed by atoms with E-state index < -0.39 is 0 Å². The number of nitrogens with one attached hydrogen (secondary N) is 1. The monoisotopic (exact) mass is 280 g/mol. The van der Waals surface area contributed by atoms with Crippen molar-refractivity contribution in [2.45, 2.75) is 13.3 Å². The van der Waals surface area contributed by atoms with Crippen LogP contribution in [0.25, 0.3) is 5.78 Å². The number of aromatic nitrogens is 4. The molecule has 0 unspecified atom stereocenters. The predicted octanol–water partition coefficient (Wildman–Crippen LogP) is 2.17. The Morgan fingerprint density at radius 2 is 2.14 bits per heavy atom. The lowest BCUT2D eigenvalue weighted by atomic mass is 10.1. The van der Waals surface area contributed by atoms with E-state index in [-0.39, 0.29) is 0 Å². The van der Waals surface area contributed by atoms with Gasteiger partial charge in [0.25, 0.3) is 5.78 Å². The normalized spacial score (nSPS) is 13.7. The number of rotatable bonds is 2. The number of likely N-dealkylation sites (N-methyl/N-ethyl adjacent to an activating group) is 1. The molecule has 3 heterocycles. The van der Waals surface area contributed by atoms with Gasteiger partial charge in [-0.05, 0) is 31.0 Å². The molecule has 0 saturated heterocycles. The fourth-order valence-electron chi connectivity index (χ4n) is 2.78. The Morgan fingerprint density at radius 1 is 1.24 bits per heavy atom. The average molecular weight is 280 g/mol. The highest BCUT2D eigenvalue weighted by Gasteiger charge is 2.16. The fourth-order valence-corrected chi connectivity index (χ4v) is 2.78. The van der Waals surface area contributed by atoms with Crippen LogP contribution in [0.4, 0.5) is 17.2 Å². The topological polar surface area (TPSA) is 58.4 Å². The van der Waals surface area contributed by atoms with Crippen LogP contribution < -0.4 is 10.2 Å². The molecule has 1 aliphatic rings. The zero-order valence-electron chi connectivity index (χ0n) is 12.0. The van der Waals surface area contributed by atoms with Gasteiger partial charge in [0.05, 0.1) is 0 Å². The van der Waals surface area contributed by atoms with Gasteiger partial charge in [0, 0.05) is 36.7 Å². The summed E-state index contributed by atoms with van der Waals surface area (Å²) in [6.07, 6.45) is 2.64. The average Bonchev–Trinajstić information content (AvgIpc) is 3.06. The smallest absolute Gasteiger partial charge is 0.254 e. The molecule has 1 aliphatic heterocycles. The number of anilines is 3. The van der Waals surface area contributed by atoms with Crippen molar-refractivity contribution < 1.29 is 0 Å². The molecule has 6 nitrogen and oxygen atoms in total. The van der Waals surface area contributed by atoms with Crippen molar-refractivity contribution in [1.82, 2.24) is 19.6 Å². The summed E-state index contributed by atoms with van der Waals surface area (Å²) >= 11 is 0. The van der Waals surface area contributed by atoms with Crippen LogP contribution in [-0.2, 0) is 6.42 Å². The van der Waals surface area contributed by atoms with Gasteiger partial charge in [-0.25, -0.2) is 4.98 Å². The molecule has 0 atom stereocenters. The molecule has 0 bridgehead atoms. The van der Waals surface area contributed by atoms with Crippen LogP contribution in [0.15, 0.2) is 30.6 Å². The molecule has 2 aromatic heterocycles. The third kappa shape index (κ3) is 1.99. The summed E-state index contributed by atoms with van der Waals surface area (Å²) in [6.45, 7) is 3.04. The van der Waals surface area contributed by atoms with Crippen molar-refractivity contribution in [3.8, 4) is 0 Å². The largest absolute Gasteiger partial charge is 0.374 e. The first-order valence-corrected chi connectivity index (χ1v) is 6.99. The molecule has 21 heavy (non-hydrogen) atoms. The molecule has 6 heteroatoms. The molecule has 0 radical (unpaired) electrons. The van der Waals surface area contributed by atoms with Crippen molar-refractivity contribution in [3.63, 3.8) is 0 Å². The van der Waals surface area contributed by atoms with Crippen molar-refractivity contribution in [1.29, 1.82) is 0 Å². The Hall–Kier alpha value is -2.63. The summed E-state index contributed by atoms with van der Waals surface area (Å²) in [5.74, 6) is 1.48. The number of aryl methyl sites for hydroxylation is 1. The molecule has 0 aliphatic carbocycles. The molecular formula is C15H16N6. The van der Waals surface area contributed by atoms with Crippen LogP contribution in [-0.4, -0.2) is 33.2 Å². The number of benzene rings is 1. The second-order valence-corrected chi connectivity index (χ2v) is 5.39. The second-order valence-electron chi connectivity index (χ2n) is 5.39. The van der Waals surface area contributed by atoms with Crippen LogP contribution in [0.3, 0.4) is 0 Å². The van der Waals surface area contributed by atoms with E-state index in [9.17, 15) is 0 Å². The number of hydrogen-bond donors (Lipinski definition) is 1. The first-order valence-electron chi connectivity index (χ1n) is 6.99. The maximum absolute atomic E-state index is 4.35. The van der Waals surface area contributed by atoms with Crippen LogP contribution >= 0.6 is 0 Å². The molecule has 3 aromatic rings.